The molecular weight excluding hydrogens is 287 g/mol. The maximum Gasteiger partial charge on any atom is 0.345 e. The molecule has 1 aliphatic rings. The fraction of sp³-hybridized carbons (Fsp3) is 0.571. The zero-order valence-corrected chi connectivity index (χ0v) is 11.9. The van der Waals surface area contributed by atoms with E-state index in [0.29, 0.717) is 13.1 Å². The molecule has 20 heavy (non-hydrogen) atoms. The lowest BCUT2D eigenvalue weighted by Gasteiger charge is -2.38. The van der Waals surface area contributed by atoms with E-state index in [1.165, 1.54) is 12.1 Å². The molecule has 0 aromatic heterocycles. The molecule has 1 saturated heterocycles. The zero-order chi connectivity index (χ0) is 14.4. The van der Waals surface area contributed by atoms with E-state index in [9.17, 15) is 13.2 Å². The molecule has 0 N–H and O–H groups in total. The summed E-state index contributed by atoms with van der Waals surface area (Å²) < 4.78 is 40.9. The molecule has 2 rings (SSSR count). The Morgan fingerprint density at radius 2 is 1.90 bits per heavy atom. The number of ether oxygens (including phenoxy) is 1. The number of thioether (sulfide) groups is 1. The monoisotopic (exact) mass is 305 g/mol. The lowest BCUT2D eigenvalue weighted by atomic mass is 10.1. The quantitative estimate of drug-likeness (QED) is 0.537. The van der Waals surface area contributed by atoms with Crippen LogP contribution in [0, 0.1) is 5.82 Å². The van der Waals surface area contributed by atoms with Gasteiger partial charge in [-0.25, -0.2) is 4.39 Å². The fourth-order valence-electron chi connectivity index (χ4n) is 2.09. The first-order valence-electron chi connectivity index (χ1n) is 6.68. The standard InChI is InChI=1S/C14H18F3NOS/c15-11-3-5-13(6-4-11)20-8-2-1-7-18-9-12(10-18)19-14(16)17/h3-6,12,14H,1-2,7-10H2. The van der Waals surface area contributed by atoms with Gasteiger partial charge in [0.15, 0.2) is 0 Å². The average molecular weight is 305 g/mol. The third-order valence-corrected chi connectivity index (χ3v) is 4.27. The minimum atomic E-state index is -2.66. The highest BCUT2D eigenvalue weighted by atomic mass is 32.2. The van der Waals surface area contributed by atoms with Crippen LogP contribution in [0.25, 0.3) is 0 Å². The van der Waals surface area contributed by atoms with Crippen molar-refractivity contribution in [2.75, 3.05) is 25.4 Å². The number of unbranched alkanes of at least 4 members (excludes halogenated alkanes) is 1. The minimum Gasteiger partial charge on any atom is -0.317 e. The van der Waals surface area contributed by atoms with Crippen LogP contribution in [0.1, 0.15) is 12.8 Å². The van der Waals surface area contributed by atoms with Crippen molar-refractivity contribution in [3.8, 4) is 0 Å². The van der Waals surface area contributed by atoms with Crippen molar-refractivity contribution in [3.05, 3.63) is 30.1 Å². The van der Waals surface area contributed by atoms with E-state index >= 15 is 0 Å². The summed E-state index contributed by atoms with van der Waals surface area (Å²) in [7, 11) is 0. The van der Waals surface area contributed by atoms with E-state index in [4.69, 9.17) is 0 Å². The van der Waals surface area contributed by atoms with Crippen LogP contribution >= 0.6 is 11.8 Å². The first-order chi connectivity index (χ1) is 9.63. The molecule has 0 amide bonds. The molecule has 1 fully saturated rings. The number of rotatable bonds is 8. The molecule has 1 aromatic rings. The molecule has 1 heterocycles. The highest BCUT2D eigenvalue weighted by Crippen LogP contribution is 2.20. The Bertz CT molecular complexity index is 396. The predicted molar refractivity (Wildman–Crippen MR) is 73.7 cm³/mol. The van der Waals surface area contributed by atoms with Gasteiger partial charge in [-0.2, -0.15) is 8.78 Å². The molecule has 0 radical (unpaired) electrons. The van der Waals surface area contributed by atoms with Crippen LogP contribution in [0.2, 0.25) is 0 Å². The SMILES string of the molecule is Fc1ccc(SCCCCN2CC(OC(F)F)C2)cc1. The molecule has 0 bridgehead atoms. The fourth-order valence-corrected chi connectivity index (χ4v) is 3.01. The van der Waals surface area contributed by atoms with E-state index in [0.717, 1.165) is 30.0 Å². The lowest BCUT2D eigenvalue weighted by Crippen LogP contribution is -2.52. The van der Waals surface area contributed by atoms with Crippen molar-refractivity contribution in [1.29, 1.82) is 0 Å². The highest BCUT2D eigenvalue weighted by molar-refractivity contribution is 7.99. The minimum absolute atomic E-state index is 0.215. The summed E-state index contributed by atoms with van der Waals surface area (Å²) in [5, 5.41) is 0. The second-order valence-electron chi connectivity index (χ2n) is 4.79. The van der Waals surface area contributed by atoms with Gasteiger partial charge in [0.2, 0.25) is 0 Å². The smallest absolute Gasteiger partial charge is 0.317 e. The summed E-state index contributed by atoms with van der Waals surface area (Å²) >= 11 is 1.71. The molecule has 0 saturated carbocycles. The summed E-state index contributed by atoms with van der Waals surface area (Å²) in [6.45, 7) is -0.521. The molecule has 0 unspecified atom stereocenters. The summed E-state index contributed by atoms with van der Waals surface area (Å²) in [4.78, 5) is 3.19. The van der Waals surface area contributed by atoms with Gasteiger partial charge in [-0.05, 0) is 49.4 Å². The Morgan fingerprint density at radius 1 is 1.20 bits per heavy atom. The molecular formula is C14H18F3NOS. The van der Waals surface area contributed by atoms with Gasteiger partial charge in [0.25, 0.3) is 0 Å². The third kappa shape index (κ3) is 5.34. The van der Waals surface area contributed by atoms with Gasteiger partial charge >= 0.3 is 6.61 Å². The normalized spacial score (nSPS) is 16.6. The molecule has 2 nitrogen and oxygen atoms in total. The van der Waals surface area contributed by atoms with Crippen LogP contribution in [0.4, 0.5) is 13.2 Å². The van der Waals surface area contributed by atoms with Crippen LogP contribution in [-0.2, 0) is 4.74 Å². The largest absolute Gasteiger partial charge is 0.345 e. The Kier molecular flexibility index (Phi) is 6.19. The van der Waals surface area contributed by atoms with Gasteiger partial charge in [-0.15, -0.1) is 11.8 Å². The van der Waals surface area contributed by atoms with Crippen molar-refractivity contribution >= 4 is 11.8 Å². The molecule has 0 atom stereocenters. The molecule has 1 aliphatic heterocycles. The molecule has 0 aliphatic carbocycles. The molecule has 112 valence electrons. The summed E-state index contributed by atoms with van der Waals surface area (Å²) in [6, 6.07) is 6.49. The number of hydrogen-bond donors (Lipinski definition) is 0. The zero-order valence-electron chi connectivity index (χ0n) is 11.1. The number of nitrogens with zero attached hydrogens (tertiary/aromatic N) is 1. The van der Waals surface area contributed by atoms with Crippen molar-refractivity contribution in [2.24, 2.45) is 0 Å². The van der Waals surface area contributed by atoms with Crippen LogP contribution < -0.4 is 0 Å². The Labute approximate surface area is 121 Å². The van der Waals surface area contributed by atoms with Gasteiger partial charge < -0.3 is 4.74 Å². The lowest BCUT2D eigenvalue weighted by molar-refractivity contribution is -0.195. The number of halogens is 3. The molecule has 0 spiro atoms. The summed E-state index contributed by atoms with van der Waals surface area (Å²) in [5.74, 6) is 0.767. The topological polar surface area (TPSA) is 12.5 Å². The Hall–Kier alpha value is -0.720. The Balaban J connectivity index is 1.48. The number of alkyl halides is 2. The second-order valence-corrected chi connectivity index (χ2v) is 5.96. The van der Waals surface area contributed by atoms with E-state index < -0.39 is 6.61 Å². The third-order valence-electron chi connectivity index (χ3n) is 3.17. The van der Waals surface area contributed by atoms with Crippen molar-refractivity contribution < 1.29 is 17.9 Å². The van der Waals surface area contributed by atoms with Crippen molar-refractivity contribution in [3.63, 3.8) is 0 Å². The van der Waals surface area contributed by atoms with Gasteiger partial charge in [-0.3, -0.25) is 4.90 Å². The van der Waals surface area contributed by atoms with Crippen LogP contribution in [0.5, 0.6) is 0 Å². The van der Waals surface area contributed by atoms with Crippen molar-refractivity contribution in [1.82, 2.24) is 4.90 Å². The first kappa shape index (κ1) is 15.7. The van der Waals surface area contributed by atoms with Crippen LogP contribution in [-0.4, -0.2) is 43.0 Å². The van der Waals surface area contributed by atoms with Gasteiger partial charge in [0, 0.05) is 18.0 Å². The van der Waals surface area contributed by atoms with Gasteiger partial charge in [0.05, 0.1) is 6.10 Å². The van der Waals surface area contributed by atoms with Gasteiger partial charge in [0.1, 0.15) is 5.82 Å². The predicted octanol–water partition coefficient (Wildman–Crippen LogP) is 3.62. The summed E-state index contributed by atoms with van der Waals surface area (Å²) in [6.07, 6.45) is 1.79. The summed E-state index contributed by atoms with van der Waals surface area (Å²) in [5.41, 5.74) is 0. The van der Waals surface area contributed by atoms with E-state index in [2.05, 4.69) is 9.64 Å². The van der Waals surface area contributed by atoms with E-state index in [1.807, 2.05) is 0 Å². The highest BCUT2D eigenvalue weighted by Gasteiger charge is 2.28. The van der Waals surface area contributed by atoms with E-state index in [-0.39, 0.29) is 11.9 Å². The van der Waals surface area contributed by atoms with Crippen LogP contribution in [0.15, 0.2) is 29.2 Å². The van der Waals surface area contributed by atoms with Crippen LogP contribution in [0.3, 0.4) is 0 Å². The average Bonchev–Trinajstić information content (AvgIpc) is 2.36. The molecule has 1 aromatic carbocycles. The van der Waals surface area contributed by atoms with Crippen molar-refractivity contribution in [2.45, 2.75) is 30.5 Å². The number of likely N-dealkylation sites (tertiary alicyclic amines) is 1. The number of hydrogen-bond acceptors (Lipinski definition) is 3. The first-order valence-corrected chi connectivity index (χ1v) is 7.66. The molecule has 6 heteroatoms. The maximum absolute atomic E-state index is 12.7. The Morgan fingerprint density at radius 3 is 2.55 bits per heavy atom. The van der Waals surface area contributed by atoms with Gasteiger partial charge in [-0.1, -0.05) is 0 Å². The second kappa shape index (κ2) is 7.90. The number of benzene rings is 1. The van der Waals surface area contributed by atoms with E-state index in [1.54, 1.807) is 23.9 Å². The maximum atomic E-state index is 12.7.